The Kier molecular flexibility index (Phi) is 3.66. The summed E-state index contributed by atoms with van der Waals surface area (Å²) in [5, 5.41) is 13.2. The van der Waals surface area contributed by atoms with Crippen LogP contribution in [0.1, 0.15) is 12.8 Å². The summed E-state index contributed by atoms with van der Waals surface area (Å²) in [6.45, 7) is 0.536. The number of amides is 1. The molecule has 8 heteroatoms. The number of fused-ring (bicyclic) bond motifs is 1. The smallest absolute Gasteiger partial charge is 0.350 e. The molecular weight excluding hydrogens is 288 g/mol. The van der Waals surface area contributed by atoms with Crippen LogP contribution in [0.2, 0.25) is 0 Å². The molecule has 1 unspecified atom stereocenters. The summed E-state index contributed by atoms with van der Waals surface area (Å²) in [7, 11) is 0. The minimum absolute atomic E-state index is 0.174. The van der Waals surface area contributed by atoms with Gasteiger partial charge in [-0.1, -0.05) is 6.07 Å². The first kappa shape index (κ1) is 14.3. The lowest BCUT2D eigenvalue weighted by molar-refractivity contribution is -0.145. The highest BCUT2D eigenvalue weighted by Gasteiger charge is 2.28. The van der Waals surface area contributed by atoms with Gasteiger partial charge in [-0.3, -0.25) is 14.0 Å². The van der Waals surface area contributed by atoms with E-state index in [0.717, 1.165) is 4.68 Å². The molecule has 2 aromatic rings. The maximum Gasteiger partial charge on any atom is 0.350 e. The molecule has 1 N–H and O–H groups in total. The van der Waals surface area contributed by atoms with E-state index in [4.69, 9.17) is 5.11 Å². The Bertz CT molecular complexity index is 778. The Morgan fingerprint density at radius 2 is 2.18 bits per heavy atom. The average Bonchev–Trinajstić information content (AvgIpc) is 2.84. The predicted octanol–water partition coefficient (Wildman–Crippen LogP) is -0.181. The van der Waals surface area contributed by atoms with Gasteiger partial charge in [-0.2, -0.15) is 0 Å². The van der Waals surface area contributed by atoms with Gasteiger partial charge in [0.05, 0.1) is 5.92 Å². The molecule has 1 amide bonds. The van der Waals surface area contributed by atoms with Crippen molar-refractivity contribution in [1.29, 1.82) is 0 Å². The topological polar surface area (TPSA) is 96.9 Å². The standard InChI is InChI=1S/C14H16N4O4/c19-12(16-6-3-4-10(8-16)13(20)21)9-18-14(22)17-7-2-1-5-11(17)15-18/h1-2,5,7,10H,3-4,6,8-9H2,(H,20,21). The van der Waals surface area contributed by atoms with Crippen LogP contribution in [0.25, 0.3) is 5.65 Å². The average molecular weight is 304 g/mol. The van der Waals surface area contributed by atoms with E-state index in [2.05, 4.69) is 5.10 Å². The second kappa shape index (κ2) is 5.63. The summed E-state index contributed by atoms with van der Waals surface area (Å²) in [6, 6.07) is 5.16. The van der Waals surface area contributed by atoms with Crippen LogP contribution in [0.5, 0.6) is 0 Å². The van der Waals surface area contributed by atoms with Crippen molar-refractivity contribution in [1.82, 2.24) is 19.1 Å². The van der Waals surface area contributed by atoms with E-state index in [0.29, 0.717) is 25.0 Å². The first-order valence-electron chi connectivity index (χ1n) is 7.11. The number of hydrogen-bond donors (Lipinski definition) is 1. The molecule has 0 aliphatic carbocycles. The fourth-order valence-electron chi connectivity index (χ4n) is 2.70. The fraction of sp³-hybridized carbons (Fsp3) is 0.429. The summed E-state index contributed by atoms with van der Waals surface area (Å²) in [4.78, 5) is 36.9. The molecule has 2 aromatic heterocycles. The van der Waals surface area contributed by atoms with Crippen LogP contribution in [0.15, 0.2) is 29.2 Å². The summed E-state index contributed by atoms with van der Waals surface area (Å²) in [5.74, 6) is -1.70. The van der Waals surface area contributed by atoms with Gasteiger partial charge in [0.1, 0.15) is 6.54 Å². The van der Waals surface area contributed by atoms with Crippen molar-refractivity contribution in [3.05, 3.63) is 34.9 Å². The number of rotatable bonds is 3. The molecule has 1 aliphatic heterocycles. The summed E-state index contributed by atoms with van der Waals surface area (Å²) < 4.78 is 2.48. The lowest BCUT2D eigenvalue weighted by Gasteiger charge is -2.30. The number of aromatic nitrogens is 3. The summed E-state index contributed by atoms with van der Waals surface area (Å²) in [5.41, 5.74) is 0.0955. The maximum absolute atomic E-state index is 12.3. The Balaban J connectivity index is 1.77. The number of carbonyl (C=O) groups is 2. The molecule has 3 heterocycles. The predicted molar refractivity (Wildman–Crippen MR) is 76.4 cm³/mol. The van der Waals surface area contributed by atoms with Crippen molar-refractivity contribution < 1.29 is 14.7 Å². The molecule has 116 valence electrons. The lowest BCUT2D eigenvalue weighted by Crippen LogP contribution is -2.44. The third-order valence-electron chi connectivity index (χ3n) is 3.90. The summed E-state index contributed by atoms with van der Waals surface area (Å²) >= 11 is 0. The quantitative estimate of drug-likeness (QED) is 0.848. The first-order valence-corrected chi connectivity index (χ1v) is 7.11. The number of aliphatic carboxylic acids is 1. The van der Waals surface area contributed by atoms with Gasteiger partial charge in [0.2, 0.25) is 5.91 Å². The molecule has 3 rings (SSSR count). The molecule has 1 saturated heterocycles. The van der Waals surface area contributed by atoms with Crippen LogP contribution in [0.4, 0.5) is 0 Å². The number of carbonyl (C=O) groups excluding carboxylic acids is 1. The van der Waals surface area contributed by atoms with Gasteiger partial charge < -0.3 is 10.0 Å². The van der Waals surface area contributed by atoms with Gasteiger partial charge >= 0.3 is 11.7 Å². The van der Waals surface area contributed by atoms with E-state index in [1.165, 1.54) is 9.30 Å². The zero-order chi connectivity index (χ0) is 15.7. The van der Waals surface area contributed by atoms with E-state index in [1.807, 2.05) is 0 Å². The van der Waals surface area contributed by atoms with Gasteiger partial charge in [-0.25, -0.2) is 9.48 Å². The van der Waals surface area contributed by atoms with Crippen LogP contribution in [-0.4, -0.2) is 49.2 Å². The van der Waals surface area contributed by atoms with Crippen molar-refractivity contribution in [2.45, 2.75) is 19.4 Å². The minimum atomic E-state index is -0.887. The van der Waals surface area contributed by atoms with Crippen molar-refractivity contribution >= 4 is 17.5 Å². The molecule has 8 nitrogen and oxygen atoms in total. The van der Waals surface area contributed by atoms with E-state index >= 15 is 0 Å². The third-order valence-corrected chi connectivity index (χ3v) is 3.90. The van der Waals surface area contributed by atoms with E-state index in [-0.39, 0.29) is 24.7 Å². The highest BCUT2D eigenvalue weighted by Crippen LogP contribution is 2.16. The second-order valence-electron chi connectivity index (χ2n) is 5.39. The molecule has 1 fully saturated rings. The molecule has 0 saturated carbocycles. The van der Waals surface area contributed by atoms with Crippen LogP contribution >= 0.6 is 0 Å². The van der Waals surface area contributed by atoms with Gasteiger partial charge in [0.15, 0.2) is 5.65 Å². The molecule has 0 spiro atoms. The van der Waals surface area contributed by atoms with Gasteiger partial charge in [0.25, 0.3) is 0 Å². The largest absolute Gasteiger partial charge is 0.481 e. The zero-order valence-electron chi connectivity index (χ0n) is 11.9. The number of likely N-dealkylation sites (tertiary alicyclic amines) is 1. The maximum atomic E-state index is 12.3. The van der Waals surface area contributed by atoms with Crippen LogP contribution in [0, 0.1) is 5.92 Å². The van der Waals surface area contributed by atoms with Crippen LogP contribution in [-0.2, 0) is 16.1 Å². The normalized spacial score (nSPS) is 18.5. The third kappa shape index (κ3) is 2.59. The number of piperidine rings is 1. The first-order chi connectivity index (χ1) is 10.6. The van der Waals surface area contributed by atoms with Gasteiger partial charge in [0, 0.05) is 19.3 Å². The number of nitrogens with zero attached hydrogens (tertiary/aromatic N) is 4. The Hall–Kier alpha value is -2.64. The highest BCUT2D eigenvalue weighted by atomic mass is 16.4. The Labute approximate surface area is 125 Å². The van der Waals surface area contributed by atoms with Crippen LogP contribution in [0.3, 0.4) is 0 Å². The molecule has 1 atom stereocenters. The number of pyridine rings is 1. The van der Waals surface area contributed by atoms with E-state index in [1.54, 1.807) is 24.4 Å². The van der Waals surface area contributed by atoms with Gasteiger partial charge in [-0.15, -0.1) is 5.10 Å². The Morgan fingerprint density at radius 1 is 1.36 bits per heavy atom. The van der Waals surface area contributed by atoms with Crippen molar-refractivity contribution in [2.75, 3.05) is 13.1 Å². The van der Waals surface area contributed by atoms with Crippen LogP contribution < -0.4 is 5.69 Å². The molecule has 22 heavy (non-hydrogen) atoms. The molecule has 0 aromatic carbocycles. The summed E-state index contributed by atoms with van der Waals surface area (Å²) in [6.07, 6.45) is 2.82. The van der Waals surface area contributed by atoms with Crippen molar-refractivity contribution in [3.63, 3.8) is 0 Å². The SMILES string of the molecule is O=C(O)C1CCCN(C(=O)Cn2nc3ccccn3c2=O)C1. The molecule has 0 bridgehead atoms. The van der Waals surface area contributed by atoms with E-state index < -0.39 is 11.9 Å². The number of carboxylic acids is 1. The second-order valence-corrected chi connectivity index (χ2v) is 5.39. The van der Waals surface area contributed by atoms with E-state index in [9.17, 15) is 14.4 Å². The monoisotopic (exact) mass is 304 g/mol. The van der Waals surface area contributed by atoms with Crippen molar-refractivity contribution in [2.24, 2.45) is 5.92 Å². The lowest BCUT2D eigenvalue weighted by atomic mass is 9.98. The molecular formula is C14H16N4O4. The zero-order valence-corrected chi connectivity index (χ0v) is 11.9. The Morgan fingerprint density at radius 3 is 2.91 bits per heavy atom. The van der Waals surface area contributed by atoms with Crippen molar-refractivity contribution in [3.8, 4) is 0 Å². The number of hydrogen-bond acceptors (Lipinski definition) is 4. The number of carboxylic acid groups (broad SMARTS) is 1. The molecule has 0 radical (unpaired) electrons. The van der Waals surface area contributed by atoms with Gasteiger partial charge in [-0.05, 0) is 25.0 Å². The highest BCUT2D eigenvalue weighted by molar-refractivity contribution is 5.77. The minimum Gasteiger partial charge on any atom is -0.481 e. The molecule has 1 aliphatic rings. The fourth-order valence-corrected chi connectivity index (χ4v) is 2.70.